The summed E-state index contributed by atoms with van der Waals surface area (Å²) >= 11 is 6.37. The van der Waals surface area contributed by atoms with Gasteiger partial charge >= 0.3 is 0 Å². The zero-order valence-corrected chi connectivity index (χ0v) is 10.9. The third kappa shape index (κ3) is 3.13. The smallest absolute Gasteiger partial charge is 0.0952 e. The fourth-order valence-corrected chi connectivity index (χ4v) is 2.18. The molecular weight excluding hydrogens is 232 g/mol. The molecule has 0 fully saturated rings. The maximum Gasteiger partial charge on any atom is 0.0952 e. The molecule has 0 bridgehead atoms. The van der Waals surface area contributed by atoms with E-state index in [4.69, 9.17) is 16.0 Å². The highest BCUT2D eigenvalue weighted by atomic mass is 35.5. The molecule has 0 saturated heterocycles. The van der Waals surface area contributed by atoms with Crippen molar-refractivity contribution in [2.45, 2.75) is 25.6 Å². The molecule has 1 unspecified atom stereocenters. The Hall–Kier alpha value is -1.21. The van der Waals surface area contributed by atoms with Crippen LogP contribution >= 0.6 is 11.6 Å². The second-order valence-electron chi connectivity index (χ2n) is 4.76. The minimum absolute atomic E-state index is 0.123. The molecule has 0 spiro atoms. The Labute approximate surface area is 107 Å². The van der Waals surface area contributed by atoms with Gasteiger partial charge in [-0.2, -0.15) is 0 Å². The SMILES string of the molecule is CC(C)Cc1ccc(C(Cl)c2ccoc2)cc1. The maximum absolute atomic E-state index is 6.37. The van der Waals surface area contributed by atoms with Gasteiger partial charge in [0.05, 0.1) is 17.9 Å². The normalized spacial score (nSPS) is 12.9. The Morgan fingerprint density at radius 1 is 1.06 bits per heavy atom. The van der Waals surface area contributed by atoms with E-state index < -0.39 is 0 Å². The van der Waals surface area contributed by atoms with Crippen LogP contribution in [0.5, 0.6) is 0 Å². The summed E-state index contributed by atoms with van der Waals surface area (Å²) in [5, 5.41) is -0.123. The molecule has 90 valence electrons. The number of halogens is 1. The Kier molecular flexibility index (Phi) is 3.90. The summed E-state index contributed by atoms with van der Waals surface area (Å²) in [5.41, 5.74) is 3.48. The lowest BCUT2D eigenvalue weighted by molar-refractivity contribution is 0.564. The van der Waals surface area contributed by atoms with Crippen molar-refractivity contribution in [2.75, 3.05) is 0 Å². The lowest BCUT2D eigenvalue weighted by Gasteiger charge is -2.09. The largest absolute Gasteiger partial charge is 0.472 e. The van der Waals surface area contributed by atoms with Crippen molar-refractivity contribution in [3.8, 4) is 0 Å². The molecular formula is C15H17ClO. The van der Waals surface area contributed by atoms with Crippen molar-refractivity contribution in [3.63, 3.8) is 0 Å². The summed E-state index contributed by atoms with van der Waals surface area (Å²) in [6.07, 6.45) is 4.45. The van der Waals surface area contributed by atoms with Crippen LogP contribution in [0.15, 0.2) is 47.3 Å². The molecule has 1 atom stereocenters. The predicted octanol–water partition coefficient (Wildman–Crippen LogP) is 4.81. The molecule has 1 nitrogen and oxygen atoms in total. The highest BCUT2D eigenvalue weighted by Crippen LogP contribution is 2.29. The quantitative estimate of drug-likeness (QED) is 0.708. The molecule has 0 aliphatic rings. The molecule has 1 aromatic carbocycles. The van der Waals surface area contributed by atoms with Gasteiger partial charge in [-0.1, -0.05) is 38.1 Å². The molecule has 2 rings (SSSR count). The average Bonchev–Trinajstić information content (AvgIpc) is 2.82. The number of hydrogen-bond donors (Lipinski definition) is 0. The average molecular weight is 249 g/mol. The molecule has 1 aromatic heterocycles. The lowest BCUT2D eigenvalue weighted by atomic mass is 10.00. The van der Waals surface area contributed by atoms with E-state index in [0.29, 0.717) is 5.92 Å². The Morgan fingerprint density at radius 2 is 1.76 bits per heavy atom. The van der Waals surface area contributed by atoms with E-state index in [-0.39, 0.29) is 5.38 Å². The molecule has 17 heavy (non-hydrogen) atoms. The zero-order valence-electron chi connectivity index (χ0n) is 10.2. The minimum atomic E-state index is -0.123. The van der Waals surface area contributed by atoms with Crippen LogP contribution in [0.2, 0.25) is 0 Å². The fourth-order valence-electron chi connectivity index (χ4n) is 1.91. The summed E-state index contributed by atoms with van der Waals surface area (Å²) in [4.78, 5) is 0. The molecule has 0 saturated carbocycles. The first-order valence-corrected chi connectivity index (χ1v) is 6.35. The lowest BCUT2D eigenvalue weighted by Crippen LogP contribution is -1.96. The third-order valence-corrected chi connectivity index (χ3v) is 3.26. The van der Waals surface area contributed by atoms with Gasteiger partial charge in [0, 0.05) is 5.56 Å². The summed E-state index contributed by atoms with van der Waals surface area (Å²) in [5.74, 6) is 0.682. The second-order valence-corrected chi connectivity index (χ2v) is 5.20. The Balaban J connectivity index is 2.12. The molecule has 2 heteroatoms. The molecule has 0 N–H and O–H groups in total. The monoisotopic (exact) mass is 248 g/mol. The first-order valence-electron chi connectivity index (χ1n) is 5.92. The van der Waals surface area contributed by atoms with Crippen molar-refractivity contribution in [1.29, 1.82) is 0 Å². The minimum Gasteiger partial charge on any atom is -0.472 e. The van der Waals surface area contributed by atoms with Gasteiger partial charge in [-0.05, 0) is 29.5 Å². The molecule has 0 aliphatic heterocycles. The molecule has 2 aromatic rings. The van der Waals surface area contributed by atoms with Crippen LogP contribution < -0.4 is 0 Å². The standard InChI is InChI=1S/C15H17ClO/c1-11(2)9-12-3-5-13(6-4-12)15(16)14-7-8-17-10-14/h3-8,10-11,15H,9H2,1-2H3. The van der Waals surface area contributed by atoms with Gasteiger partial charge in [0.25, 0.3) is 0 Å². The summed E-state index contributed by atoms with van der Waals surface area (Å²) in [7, 11) is 0. The first kappa shape index (κ1) is 12.3. The Morgan fingerprint density at radius 3 is 2.29 bits per heavy atom. The number of benzene rings is 1. The van der Waals surface area contributed by atoms with Gasteiger partial charge in [0.15, 0.2) is 0 Å². The van der Waals surface area contributed by atoms with Crippen molar-refractivity contribution < 1.29 is 4.42 Å². The van der Waals surface area contributed by atoms with Crippen LogP contribution in [-0.2, 0) is 6.42 Å². The number of furan rings is 1. The number of alkyl halides is 1. The van der Waals surface area contributed by atoms with E-state index in [2.05, 4.69) is 38.1 Å². The topological polar surface area (TPSA) is 13.1 Å². The maximum atomic E-state index is 6.37. The highest BCUT2D eigenvalue weighted by Gasteiger charge is 2.11. The van der Waals surface area contributed by atoms with Gasteiger partial charge in [-0.25, -0.2) is 0 Å². The Bertz CT molecular complexity index is 442. The van der Waals surface area contributed by atoms with Crippen LogP contribution in [0.25, 0.3) is 0 Å². The van der Waals surface area contributed by atoms with E-state index >= 15 is 0 Å². The van der Waals surface area contributed by atoms with Crippen molar-refractivity contribution in [1.82, 2.24) is 0 Å². The predicted molar refractivity (Wildman–Crippen MR) is 71.4 cm³/mol. The van der Waals surface area contributed by atoms with Crippen molar-refractivity contribution in [3.05, 3.63) is 59.5 Å². The van der Waals surface area contributed by atoms with Gasteiger partial charge in [-0.15, -0.1) is 11.6 Å². The fraction of sp³-hybridized carbons (Fsp3) is 0.333. The van der Waals surface area contributed by atoms with Crippen molar-refractivity contribution in [2.24, 2.45) is 5.92 Å². The van der Waals surface area contributed by atoms with Crippen LogP contribution in [-0.4, -0.2) is 0 Å². The molecule has 0 amide bonds. The van der Waals surface area contributed by atoms with Gasteiger partial charge < -0.3 is 4.42 Å². The molecule has 1 heterocycles. The first-order chi connectivity index (χ1) is 8.16. The van der Waals surface area contributed by atoms with Crippen LogP contribution in [0.3, 0.4) is 0 Å². The zero-order chi connectivity index (χ0) is 12.3. The van der Waals surface area contributed by atoms with E-state index in [1.54, 1.807) is 12.5 Å². The summed E-state index contributed by atoms with van der Waals surface area (Å²) < 4.78 is 5.05. The van der Waals surface area contributed by atoms with E-state index in [9.17, 15) is 0 Å². The van der Waals surface area contributed by atoms with Gasteiger partial charge in [-0.3, -0.25) is 0 Å². The van der Waals surface area contributed by atoms with Gasteiger partial charge in [0.1, 0.15) is 0 Å². The highest BCUT2D eigenvalue weighted by molar-refractivity contribution is 6.22. The van der Waals surface area contributed by atoms with Gasteiger partial charge in [0.2, 0.25) is 0 Å². The summed E-state index contributed by atoms with van der Waals surface area (Å²) in [6.45, 7) is 4.45. The molecule has 0 aliphatic carbocycles. The van der Waals surface area contributed by atoms with E-state index in [1.165, 1.54) is 5.56 Å². The molecule has 0 radical (unpaired) electrons. The summed E-state index contributed by atoms with van der Waals surface area (Å²) in [6, 6.07) is 10.4. The number of hydrogen-bond acceptors (Lipinski definition) is 1. The van der Waals surface area contributed by atoms with Crippen LogP contribution in [0, 0.1) is 5.92 Å². The third-order valence-electron chi connectivity index (χ3n) is 2.75. The van der Waals surface area contributed by atoms with E-state index in [1.807, 2.05) is 6.07 Å². The van der Waals surface area contributed by atoms with Crippen LogP contribution in [0.1, 0.15) is 35.9 Å². The number of rotatable bonds is 4. The second kappa shape index (κ2) is 5.42. The van der Waals surface area contributed by atoms with Crippen molar-refractivity contribution >= 4 is 11.6 Å². The van der Waals surface area contributed by atoms with E-state index in [0.717, 1.165) is 17.5 Å². The van der Waals surface area contributed by atoms with Crippen LogP contribution in [0.4, 0.5) is 0 Å².